The number of hydrogen-bond donors (Lipinski definition) is 3. The molecule has 88 valence electrons. The Hall–Kier alpha value is -1.88. The highest BCUT2D eigenvalue weighted by molar-refractivity contribution is 5.92. The van der Waals surface area contributed by atoms with Gasteiger partial charge in [-0.05, 0) is 31.0 Å². The maximum Gasteiger partial charge on any atom is 0.335 e. The molecule has 0 saturated heterocycles. The number of carboxylic acids is 1. The van der Waals surface area contributed by atoms with Crippen LogP contribution in [0.15, 0.2) is 18.2 Å². The Bertz CT molecular complexity index is 584. The molecule has 1 heterocycles. The molecule has 0 atom stereocenters. The molecular formula is C12H12N2O3. The number of carboxylic acid groups (broad SMARTS) is 1. The van der Waals surface area contributed by atoms with Gasteiger partial charge < -0.3 is 15.2 Å². The van der Waals surface area contributed by atoms with Crippen molar-refractivity contribution in [1.82, 2.24) is 9.97 Å². The summed E-state index contributed by atoms with van der Waals surface area (Å²) in [6.45, 7) is 0. The molecule has 17 heavy (non-hydrogen) atoms. The van der Waals surface area contributed by atoms with Crippen LogP contribution in [-0.4, -0.2) is 32.3 Å². The van der Waals surface area contributed by atoms with E-state index in [0.29, 0.717) is 0 Å². The van der Waals surface area contributed by atoms with Gasteiger partial charge in [-0.3, -0.25) is 0 Å². The van der Waals surface area contributed by atoms with Crippen LogP contribution in [0.3, 0.4) is 0 Å². The van der Waals surface area contributed by atoms with Gasteiger partial charge in [0.05, 0.1) is 22.7 Å². The van der Waals surface area contributed by atoms with E-state index in [-0.39, 0.29) is 17.6 Å². The number of fused-ring (bicyclic) bond motifs is 1. The molecule has 0 aliphatic heterocycles. The lowest BCUT2D eigenvalue weighted by Gasteiger charge is -2.29. The number of carbonyl (C=O) groups is 1. The van der Waals surface area contributed by atoms with E-state index in [2.05, 4.69) is 9.97 Å². The second-order valence-corrected chi connectivity index (χ2v) is 4.48. The average molecular weight is 232 g/mol. The molecule has 1 aromatic carbocycles. The summed E-state index contributed by atoms with van der Waals surface area (Å²) in [4.78, 5) is 18.4. The summed E-state index contributed by atoms with van der Waals surface area (Å²) >= 11 is 0. The molecule has 1 aromatic heterocycles. The fraction of sp³-hybridized carbons (Fsp3) is 0.333. The van der Waals surface area contributed by atoms with Gasteiger partial charge in [0.15, 0.2) is 0 Å². The molecule has 3 rings (SSSR count). The van der Waals surface area contributed by atoms with Crippen molar-refractivity contribution in [2.45, 2.75) is 24.9 Å². The number of aromatic nitrogens is 2. The molecule has 0 bridgehead atoms. The van der Waals surface area contributed by atoms with E-state index in [1.165, 1.54) is 0 Å². The molecule has 5 heteroatoms. The Balaban J connectivity index is 1.98. The lowest BCUT2D eigenvalue weighted by Crippen LogP contribution is -2.27. The maximum absolute atomic E-state index is 10.8. The van der Waals surface area contributed by atoms with Crippen LogP contribution < -0.4 is 0 Å². The SMILES string of the molecule is O=C(O)c1ccc2nc(C3CC(O)C3)[nH]c2c1. The molecule has 1 saturated carbocycles. The van der Waals surface area contributed by atoms with Crippen LogP contribution in [0.5, 0.6) is 0 Å². The zero-order valence-corrected chi connectivity index (χ0v) is 9.05. The number of imidazole rings is 1. The third kappa shape index (κ3) is 1.68. The minimum atomic E-state index is -0.942. The highest BCUT2D eigenvalue weighted by Gasteiger charge is 2.30. The van der Waals surface area contributed by atoms with E-state index in [4.69, 9.17) is 5.11 Å². The van der Waals surface area contributed by atoms with E-state index >= 15 is 0 Å². The maximum atomic E-state index is 10.8. The van der Waals surface area contributed by atoms with Gasteiger partial charge in [-0.1, -0.05) is 0 Å². The van der Waals surface area contributed by atoms with Crippen LogP contribution in [0.2, 0.25) is 0 Å². The van der Waals surface area contributed by atoms with Crippen molar-refractivity contribution in [3.8, 4) is 0 Å². The predicted molar refractivity (Wildman–Crippen MR) is 61.0 cm³/mol. The van der Waals surface area contributed by atoms with Crippen molar-refractivity contribution in [3.05, 3.63) is 29.6 Å². The van der Waals surface area contributed by atoms with Crippen molar-refractivity contribution in [2.75, 3.05) is 0 Å². The third-order valence-electron chi connectivity index (χ3n) is 3.25. The van der Waals surface area contributed by atoms with Gasteiger partial charge in [0, 0.05) is 5.92 Å². The molecule has 3 N–H and O–H groups in total. The minimum Gasteiger partial charge on any atom is -0.478 e. The van der Waals surface area contributed by atoms with E-state index in [1.54, 1.807) is 18.2 Å². The minimum absolute atomic E-state index is 0.220. The number of hydrogen-bond acceptors (Lipinski definition) is 3. The van der Waals surface area contributed by atoms with Crippen molar-refractivity contribution in [1.29, 1.82) is 0 Å². The topological polar surface area (TPSA) is 86.2 Å². The summed E-state index contributed by atoms with van der Waals surface area (Å²) in [6.07, 6.45) is 1.24. The van der Waals surface area contributed by atoms with E-state index in [9.17, 15) is 9.90 Å². The van der Waals surface area contributed by atoms with Gasteiger partial charge in [0.2, 0.25) is 0 Å². The van der Waals surface area contributed by atoms with Gasteiger partial charge >= 0.3 is 5.97 Å². The fourth-order valence-electron chi connectivity index (χ4n) is 2.17. The zero-order chi connectivity index (χ0) is 12.0. The van der Waals surface area contributed by atoms with Gasteiger partial charge in [-0.2, -0.15) is 0 Å². The van der Waals surface area contributed by atoms with Gasteiger partial charge in [0.25, 0.3) is 0 Å². The number of nitrogens with one attached hydrogen (secondary N) is 1. The number of aromatic carboxylic acids is 1. The lowest BCUT2D eigenvalue weighted by atomic mass is 9.82. The Morgan fingerprint density at radius 2 is 2.18 bits per heavy atom. The third-order valence-corrected chi connectivity index (χ3v) is 3.25. The summed E-state index contributed by atoms with van der Waals surface area (Å²) in [5.41, 5.74) is 1.76. The predicted octanol–water partition coefficient (Wildman–Crippen LogP) is 1.50. The summed E-state index contributed by atoms with van der Waals surface area (Å²) in [7, 11) is 0. The molecule has 0 spiro atoms. The molecule has 0 amide bonds. The van der Waals surface area contributed by atoms with E-state index in [0.717, 1.165) is 29.7 Å². The molecule has 1 aliphatic carbocycles. The molecule has 2 aromatic rings. The van der Waals surface area contributed by atoms with Crippen LogP contribution >= 0.6 is 0 Å². The first-order chi connectivity index (χ1) is 8.13. The zero-order valence-electron chi connectivity index (χ0n) is 9.05. The second kappa shape index (κ2) is 3.56. The smallest absolute Gasteiger partial charge is 0.335 e. The Labute approximate surface area is 97.1 Å². The number of aromatic amines is 1. The van der Waals surface area contributed by atoms with Gasteiger partial charge in [0.1, 0.15) is 5.82 Å². The number of aliphatic hydroxyl groups excluding tert-OH is 1. The first-order valence-corrected chi connectivity index (χ1v) is 5.54. The number of rotatable bonds is 2. The quantitative estimate of drug-likeness (QED) is 0.732. The second-order valence-electron chi connectivity index (χ2n) is 4.48. The largest absolute Gasteiger partial charge is 0.478 e. The average Bonchev–Trinajstić information content (AvgIpc) is 2.66. The Morgan fingerprint density at radius 1 is 1.41 bits per heavy atom. The van der Waals surface area contributed by atoms with Crippen LogP contribution in [0.1, 0.15) is 34.9 Å². The molecule has 0 unspecified atom stereocenters. The monoisotopic (exact) mass is 232 g/mol. The van der Waals surface area contributed by atoms with Crippen molar-refractivity contribution in [3.63, 3.8) is 0 Å². The van der Waals surface area contributed by atoms with Crippen molar-refractivity contribution in [2.24, 2.45) is 0 Å². The summed E-state index contributed by atoms with van der Waals surface area (Å²) in [5, 5.41) is 18.1. The van der Waals surface area contributed by atoms with Gasteiger partial charge in [-0.25, -0.2) is 9.78 Å². The Morgan fingerprint density at radius 3 is 2.82 bits per heavy atom. The number of nitrogens with zero attached hydrogens (tertiary/aromatic N) is 1. The highest BCUT2D eigenvalue weighted by atomic mass is 16.4. The standard InChI is InChI=1S/C12H12N2O3/c15-8-3-7(4-8)11-13-9-2-1-6(12(16)17)5-10(9)14-11/h1-2,5,7-8,15H,3-4H2,(H,13,14)(H,16,17). The highest BCUT2D eigenvalue weighted by Crippen LogP contribution is 2.35. The summed E-state index contributed by atoms with van der Waals surface area (Å²) in [5.74, 6) is 0.167. The summed E-state index contributed by atoms with van der Waals surface area (Å²) < 4.78 is 0. The molecule has 1 fully saturated rings. The number of aliphatic hydroxyl groups is 1. The molecule has 5 nitrogen and oxygen atoms in total. The molecule has 0 radical (unpaired) electrons. The summed E-state index contributed by atoms with van der Waals surface area (Å²) in [6, 6.07) is 4.84. The fourth-order valence-corrected chi connectivity index (χ4v) is 2.17. The van der Waals surface area contributed by atoms with Crippen LogP contribution in [0, 0.1) is 0 Å². The number of benzene rings is 1. The van der Waals surface area contributed by atoms with Crippen molar-refractivity contribution < 1.29 is 15.0 Å². The Kier molecular flexibility index (Phi) is 2.16. The van der Waals surface area contributed by atoms with Crippen LogP contribution in [0.4, 0.5) is 0 Å². The van der Waals surface area contributed by atoms with E-state index < -0.39 is 5.97 Å². The van der Waals surface area contributed by atoms with Crippen LogP contribution in [-0.2, 0) is 0 Å². The van der Waals surface area contributed by atoms with Crippen LogP contribution in [0.25, 0.3) is 11.0 Å². The van der Waals surface area contributed by atoms with Gasteiger partial charge in [-0.15, -0.1) is 0 Å². The van der Waals surface area contributed by atoms with Crippen molar-refractivity contribution >= 4 is 17.0 Å². The molecular weight excluding hydrogens is 220 g/mol. The lowest BCUT2D eigenvalue weighted by molar-refractivity contribution is 0.0696. The normalized spacial score (nSPS) is 23.6. The number of H-pyrrole nitrogens is 1. The molecule has 1 aliphatic rings. The first kappa shape index (κ1) is 10.3. The van der Waals surface area contributed by atoms with E-state index in [1.807, 2.05) is 0 Å². The first-order valence-electron chi connectivity index (χ1n) is 5.54.